The van der Waals surface area contributed by atoms with Crippen LogP contribution in [0.2, 0.25) is 0 Å². The Morgan fingerprint density at radius 2 is 0.899 bits per heavy atom. The first-order chi connectivity index (χ1) is 46.6. The van der Waals surface area contributed by atoms with Gasteiger partial charge in [-0.2, -0.15) is 0 Å². The number of carbonyl (C=O) groups is 6. The van der Waals surface area contributed by atoms with Crippen molar-refractivity contribution in [3.8, 4) is 0 Å². The van der Waals surface area contributed by atoms with Gasteiger partial charge in [0.1, 0.15) is 45.0 Å². The molecule has 12 rings (SSSR count). The SMILES string of the molecule is CC(Br)C(=O)Cl.CC(Br)C(=O)Nc1c(C(N)=O)oc2ccc(Br)cc12.CC(C(=O)Nc1c(C(N)=O)oc2ccc(Br)cc12)N1CCN(C)CC1.CC(c1nc2c(oc3ccc(Br)cc32)c(=O)[nH]1)N1CCN(C)CC1.CN1CCNCC1.ClC(Cl)Cl.NC(=O)c1oc2ccc(Br)cc2c1N. The van der Waals surface area contributed by atoms with Gasteiger partial charge in [-0.1, -0.05) is 130 Å². The van der Waals surface area contributed by atoms with Crippen LogP contribution >= 0.6 is 142 Å². The Balaban J connectivity index is 0.000000195. The number of primary amides is 3. The normalized spacial score (nSPS) is 15.8. The van der Waals surface area contributed by atoms with Crippen molar-refractivity contribution in [2.24, 2.45) is 17.2 Å². The van der Waals surface area contributed by atoms with Crippen molar-refractivity contribution < 1.29 is 46.4 Å². The topological polar surface area (TPSA) is 357 Å². The molecule has 9 aromatic rings. The Morgan fingerprint density at radius 3 is 1.29 bits per heavy atom. The van der Waals surface area contributed by atoms with Crippen LogP contribution in [0.3, 0.4) is 0 Å². The van der Waals surface area contributed by atoms with Crippen LogP contribution in [0.4, 0.5) is 17.1 Å². The van der Waals surface area contributed by atoms with E-state index in [1.165, 1.54) is 13.1 Å². The molecule has 12 N–H and O–H groups in total. The van der Waals surface area contributed by atoms with Crippen LogP contribution in [0.5, 0.6) is 0 Å². The highest BCUT2D eigenvalue weighted by atomic mass is 79.9. The van der Waals surface area contributed by atoms with E-state index in [1.807, 2.05) is 25.1 Å². The molecule has 35 heteroatoms. The smallest absolute Gasteiger partial charge is 0.294 e. The highest BCUT2D eigenvalue weighted by molar-refractivity contribution is 9.11. The summed E-state index contributed by atoms with van der Waals surface area (Å²) in [5.74, 6) is -1.96. The van der Waals surface area contributed by atoms with Gasteiger partial charge in [0, 0.05) is 118 Å². The number of aromatic nitrogens is 2. The van der Waals surface area contributed by atoms with Crippen LogP contribution in [0.1, 0.15) is 71.2 Å². The fourth-order valence-electron chi connectivity index (χ4n) is 9.83. The Bertz CT molecular complexity index is 4360. The van der Waals surface area contributed by atoms with Crippen LogP contribution in [0.15, 0.2) is 113 Å². The third-order valence-electron chi connectivity index (χ3n) is 15.4. The number of nitrogen functional groups attached to an aromatic ring is 1. The molecule has 5 aromatic heterocycles. The number of amides is 5. The lowest BCUT2D eigenvalue weighted by molar-refractivity contribution is -0.121. The molecule has 3 aliphatic rings. The van der Waals surface area contributed by atoms with Crippen molar-refractivity contribution in [2.75, 3.05) is 116 Å². The van der Waals surface area contributed by atoms with Crippen molar-refractivity contribution >= 4 is 249 Å². The molecule has 3 aliphatic heterocycles. The van der Waals surface area contributed by atoms with Gasteiger partial charge >= 0.3 is 0 Å². The van der Waals surface area contributed by atoms with E-state index in [2.05, 4.69) is 169 Å². The number of furan rings is 4. The minimum Gasteiger partial charge on any atom is -0.449 e. The van der Waals surface area contributed by atoms with Crippen molar-refractivity contribution in [1.29, 1.82) is 0 Å². The molecule has 99 heavy (non-hydrogen) atoms. The number of likely N-dealkylation sites (N-methyl/N-ethyl adjacent to an activating group) is 3. The number of fused-ring (bicyclic) bond motifs is 6. The zero-order valence-corrected chi connectivity index (χ0v) is 67.1. The maximum Gasteiger partial charge on any atom is 0.294 e. The number of benzene rings is 4. The van der Waals surface area contributed by atoms with Crippen molar-refractivity contribution in [3.05, 3.63) is 124 Å². The van der Waals surface area contributed by atoms with E-state index < -0.39 is 26.8 Å². The van der Waals surface area contributed by atoms with Gasteiger partial charge in [-0.3, -0.25) is 43.4 Å². The van der Waals surface area contributed by atoms with E-state index in [-0.39, 0.29) is 68.1 Å². The highest BCUT2D eigenvalue weighted by Crippen LogP contribution is 2.36. The van der Waals surface area contributed by atoms with Crippen LogP contribution in [-0.4, -0.2) is 189 Å². The van der Waals surface area contributed by atoms with E-state index in [9.17, 15) is 33.6 Å². The maximum atomic E-state index is 12.7. The standard InChI is InChI=1S/C17H21BrN4O3.C17H19BrN4O2.C12H10Br2N2O3.C9H7BrN2O2.C5H12N2.C3H4BrClO.CHCl3/c1-10(22-7-5-21(2)6-8-22)17(24)20-14-12-9-11(18)3-4-13(12)25-15(14)16(19)23;1-10(22-7-5-21(2)6-8-22)16-19-14-12-9-11(18)3-4-13(12)24-15(14)17(23)20-16;1-5(13)12(18)16-9-7-4-6(14)2-3-8(7)19-10(9)11(15)17;10-4-1-2-6-5(3-4)7(11)8(14-6)9(12)13;1-7-4-2-6-3-5-7;1-2(4)3(5)6;2-1(3)4/h3-4,9-10H,5-8H2,1-2H3,(H2,19,23)(H,20,24);3-4,9-10H,5-8H2,1-2H3,(H,19,20,23);2-5H,1H3,(H2,15,17)(H,16,18);1-3H,11H2,(H2,12,13);6H,2-5H2,1H3;2H,1H3;1H. The van der Waals surface area contributed by atoms with Gasteiger partial charge in [0.15, 0.2) is 4.30 Å². The summed E-state index contributed by atoms with van der Waals surface area (Å²) in [7, 11) is 6.35. The van der Waals surface area contributed by atoms with Gasteiger partial charge in [0.05, 0.1) is 27.4 Å². The Hall–Kier alpha value is -5.20. The Labute approximate surface area is 640 Å². The number of aromatic amines is 1. The maximum absolute atomic E-state index is 12.7. The molecule has 3 fully saturated rings. The number of nitrogens with zero attached hydrogens (tertiary/aromatic N) is 6. The number of hydrogen-bond donors (Lipinski definition) is 8. The lowest BCUT2D eigenvalue weighted by Gasteiger charge is -2.35. The first-order valence-corrected chi connectivity index (χ1v) is 37.0. The molecule has 536 valence electrons. The van der Waals surface area contributed by atoms with Crippen LogP contribution < -0.4 is 44.4 Å². The lowest BCUT2D eigenvalue weighted by atomic mass is 10.2. The van der Waals surface area contributed by atoms with Crippen molar-refractivity contribution in [2.45, 2.75) is 53.7 Å². The monoisotopic (exact) mass is 1830 g/mol. The molecule has 3 saturated heterocycles. The van der Waals surface area contributed by atoms with Crippen molar-refractivity contribution in [1.82, 2.24) is 39.8 Å². The number of rotatable bonds is 11. The van der Waals surface area contributed by atoms with Gasteiger partial charge in [-0.05, 0) is 133 Å². The summed E-state index contributed by atoms with van der Waals surface area (Å²) in [6.07, 6.45) is 0. The van der Waals surface area contributed by atoms with Crippen LogP contribution in [-0.2, 0) is 14.4 Å². The van der Waals surface area contributed by atoms with Crippen molar-refractivity contribution in [3.63, 3.8) is 0 Å². The zero-order chi connectivity index (χ0) is 73.3. The number of hydrogen-bond acceptors (Lipinski definition) is 19. The summed E-state index contributed by atoms with van der Waals surface area (Å²) in [6, 6.07) is 21.3. The summed E-state index contributed by atoms with van der Waals surface area (Å²) in [6.45, 7) is 19.5. The fraction of sp³-hybridized carbons (Fsp3) is 0.375. The molecule has 4 unspecified atom stereocenters. The number of piperazine rings is 3. The molecule has 4 aromatic carbocycles. The minimum absolute atomic E-state index is 0.0121. The molecule has 25 nitrogen and oxygen atoms in total. The molecular weight excluding hydrogens is 1760 g/mol. The quantitative estimate of drug-likeness (QED) is 0.0440. The number of halogens is 10. The molecule has 5 amide bonds. The third-order valence-corrected chi connectivity index (χ3v) is 18.8. The number of alkyl halides is 5. The van der Waals surface area contributed by atoms with Gasteiger partial charge in [-0.15, -0.1) is 0 Å². The average Bonchev–Trinajstić information content (AvgIpc) is 1.65. The zero-order valence-electron chi connectivity index (χ0n) is 54.6. The number of nitrogens with two attached hydrogens (primary N) is 4. The summed E-state index contributed by atoms with van der Waals surface area (Å²) >= 11 is 38.9. The number of nitrogens with one attached hydrogen (secondary N) is 4. The van der Waals surface area contributed by atoms with E-state index >= 15 is 0 Å². The van der Waals surface area contributed by atoms with Crippen LogP contribution in [0, 0.1) is 0 Å². The number of anilines is 3. The van der Waals surface area contributed by atoms with E-state index in [4.69, 9.17) is 92.0 Å². The summed E-state index contributed by atoms with van der Waals surface area (Å²) in [4.78, 5) is 99.2. The van der Waals surface area contributed by atoms with E-state index in [0.29, 0.717) is 61.2 Å². The average molecular weight is 1840 g/mol. The second kappa shape index (κ2) is 38.9. The van der Waals surface area contributed by atoms with E-state index in [0.717, 1.165) is 88.7 Å². The minimum atomic E-state index is -0.750. The molecular formula is C64H74Br6Cl4N14O11. The molecule has 0 aliphatic carbocycles. The first-order valence-electron chi connectivity index (χ1n) is 30.3. The summed E-state index contributed by atoms with van der Waals surface area (Å²) in [5.41, 5.74) is 25.3. The number of H-pyrrole nitrogens is 1. The molecule has 0 saturated carbocycles. The van der Waals surface area contributed by atoms with Gasteiger partial charge in [0.25, 0.3) is 23.3 Å². The van der Waals surface area contributed by atoms with Gasteiger partial charge in [0.2, 0.25) is 39.9 Å². The lowest BCUT2D eigenvalue weighted by Crippen LogP contribution is -2.51. The highest BCUT2D eigenvalue weighted by Gasteiger charge is 2.29. The number of carbonyl (C=O) groups excluding carboxylic acids is 6. The molecule has 0 bridgehead atoms. The second-order valence-corrected chi connectivity index (χ2v) is 31.5. The van der Waals surface area contributed by atoms with Crippen LogP contribution in [0.25, 0.3) is 55.0 Å². The fourth-order valence-corrected chi connectivity index (χ4v) is 11.4. The predicted octanol–water partition coefficient (Wildman–Crippen LogP) is 12.5. The molecule has 0 spiro atoms. The second-order valence-electron chi connectivity index (χ2n) is 22.7. The van der Waals surface area contributed by atoms with E-state index in [1.54, 1.807) is 68.4 Å². The Morgan fingerprint density at radius 1 is 0.535 bits per heavy atom. The Kier molecular flexibility index (Phi) is 32.5. The molecule has 8 heterocycles. The summed E-state index contributed by atoms with van der Waals surface area (Å²) in [5, 5.41) is 11.2. The first kappa shape index (κ1) is 82.8. The molecule has 4 atom stereocenters. The largest absolute Gasteiger partial charge is 0.449 e. The van der Waals surface area contributed by atoms with Gasteiger partial charge in [-0.25, -0.2) is 4.98 Å². The third kappa shape index (κ3) is 23.9. The molecule has 0 radical (unpaired) electrons. The summed E-state index contributed by atoms with van der Waals surface area (Å²) < 4.78 is 24.5. The predicted molar refractivity (Wildman–Crippen MR) is 414 cm³/mol. The van der Waals surface area contributed by atoms with Gasteiger partial charge < -0.3 is 76.2 Å².